The quantitative estimate of drug-likeness (QED) is 0.633. The van der Waals surface area contributed by atoms with E-state index in [1.807, 2.05) is 18.7 Å². The van der Waals surface area contributed by atoms with Crippen LogP contribution >= 0.6 is 24.0 Å². The molecule has 0 aliphatic carbocycles. The van der Waals surface area contributed by atoms with Crippen LogP contribution < -0.4 is 0 Å². The lowest BCUT2D eigenvalue weighted by molar-refractivity contribution is 0.123. The molecule has 0 aromatic carbocycles. The molecule has 9 heteroatoms. The maximum absolute atomic E-state index is 11.9. The van der Waals surface area contributed by atoms with Gasteiger partial charge in [-0.05, 0) is 20.3 Å². The van der Waals surface area contributed by atoms with Gasteiger partial charge >= 0.3 is 0 Å². The Labute approximate surface area is 129 Å². The number of rotatable bonds is 1. The summed E-state index contributed by atoms with van der Waals surface area (Å²) in [5.41, 5.74) is -1.15. The highest BCUT2D eigenvalue weighted by Gasteiger charge is 2.62. The van der Waals surface area contributed by atoms with Crippen molar-refractivity contribution in [2.45, 2.75) is 36.6 Å². The van der Waals surface area contributed by atoms with Crippen molar-refractivity contribution >= 4 is 48.0 Å². The standard InChI is InChI=1S/C11H17NO4S4/c1-10(3-4-19(13,14)6-10)12-9(17)18-8-5-20(15,16)7-11(8,12)2/h8H,3-7H2,1-2H3/t8-,10-,11+/m1/s1. The molecule has 0 unspecified atom stereocenters. The maximum atomic E-state index is 11.9. The van der Waals surface area contributed by atoms with Crippen LogP contribution in [-0.4, -0.2) is 65.4 Å². The zero-order valence-electron chi connectivity index (χ0n) is 11.3. The zero-order chi connectivity index (χ0) is 15.0. The van der Waals surface area contributed by atoms with Crippen molar-refractivity contribution in [3.8, 4) is 0 Å². The first-order valence-electron chi connectivity index (χ1n) is 6.39. The monoisotopic (exact) mass is 355 g/mol. The van der Waals surface area contributed by atoms with E-state index < -0.39 is 30.8 Å². The molecule has 0 amide bonds. The van der Waals surface area contributed by atoms with E-state index in [-0.39, 0.29) is 28.3 Å². The van der Waals surface area contributed by atoms with Gasteiger partial charge in [0.15, 0.2) is 19.7 Å². The van der Waals surface area contributed by atoms with Crippen LogP contribution in [0.2, 0.25) is 0 Å². The van der Waals surface area contributed by atoms with Gasteiger partial charge < -0.3 is 4.90 Å². The molecule has 0 N–H and O–H groups in total. The van der Waals surface area contributed by atoms with Crippen molar-refractivity contribution in [1.29, 1.82) is 0 Å². The first-order valence-corrected chi connectivity index (χ1v) is 11.3. The molecular weight excluding hydrogens is 338 g/mol. The van der Waals surface area contributed by atoms with E-state index in [1.54, 1.807) is 0 Å². The smallest absolute Gasteiger partial charge is 0.153 e. The largest absolute Gasteiger partial charge is 0.343 e. The van der Waals surface area contributed by atoms with Gasteiger partial charge in [0.25, 0.3) is 0 Å². The van der Waals surface area contributed by atoms with Crippen molar-refractivity contribution in [3.05, 3.63) is 0 Å². The second-order valence-electron chi connectivity index (χ2n) is 6.46. The summed E-state index contributed by atoms with van der Waals surface area (Å²) in [6.07, 6.45) is 0.512. The zero-order valence-corrected chi connectivity index (χ0v) is 14.6. The van der Waals surface area contributed by atoms with Gasteiger partial charge in [0, 0.05) is 5.25 Å². The molecule has 0 aromatic rings. The minimum atomic E-state index is -3.08. The van der Waals surface area contributed by atoms with Crippen molar-refractivity contribution in [1.82, 2.24) is 4.90 Å². The Morgan fingerprint density at radius 2 is 1.85 bits per heavy atom. The molecule has 3 rings (SSSR count). The Bertz CT molecular complexity index is 685. The minimum Gasteiger partial charge on any atom is -0.343 e. The number of hydrogen-bond acceptors (Lipinski definition) is 6. The van der Waals surface area contributed by atoms with E-state index >= 15 is 0 Å². The molecule has 114 valence electrons. The lowest BCUT2D eigenvalue weighted by atomic mass is 9.90. The molecular formula is C11H17NO4S4. The molecule has 3 saturated heterocycles. The molecule has 3 atom stereocenters. The summed E-state index contributed by atoms with van der Waals surface area (Å²) in [4.78, 5) is 1.93. The Hall–Kier alpha value is 0.140. The normalized spacial score (nSPS) is 45.8. The summed E-state index contributed by atoms with van der Waals surface area (Å²) in [5, 5.41) is -0.0832. The van der Waals surface area contributed by atoms with Crippen LogP contribution in [0.5, 0.6) is 0 Å². The lowest BCUT2D eigenvalue weighted by Gasteiger charge is -2.45. The van der Waals surface area contributed by atoms with Gasteiger partial charge in [-0.2, -0.15) is 0 Å². The fraction of sp³-hybridized carbons (Fsp3) is 0.909. The first kappa shape index (κ1) is 15.1. The molecule has 3 aliphatic rings. The molecule has 3 aliphatic heterocycles. The molecule has 3 fully saturated rings. The van der Waals surface area contributed by atoms with E-state index in [0.29, 0.717) is 10.7 Å². The Morgan fingerprint density at radius 3 is 2.40 bits per heavy atom. The van der Waals surface area contributed by atoms with Crippen LogP contribution in [0.25, 0.3) is 0 Å². The predicted molar refractivity (Wildman–Crippen MR) is 84.6 cm³/mol. The van der Waals surface area contributed by atoms with Crippen molar-refractivity contribution in [2.75, 3.05) is 23.0 Å². The van der Waals surface area contributed by atoms with Gasteiger partial charge in [0.05, 0.1) is 34.1 Å². The van der Waals surface area contributed by atoms with Gasteiger partial charge in [-0.3, -0.25) is 0 Å². The third kappa shape index (κ3) is 2.12. The highest BCUT2D eigenvalue weighted by Crippen LogP contribution is 2.51. The van der Waals surface area contributed by atoms with Crippen LogP contribution in [0.15, 0.2) is 0 Å². The van der Waals surface area contributed by atoms with Gasteiger partial charge in [0.1, 0.15) is 4.32 Å². The molecule has 0 saturated carbocycles. The fourth-order valence-corrected chi connectivity index (χ4v) is 11.0. The molecule has 0 spiro atoms. The van der Waals surface area contributed by atoms with Gasteiger partial charge in [-0.1, -0.05) is 24.0 Å². The number of nitrogens with zero attached hydrogens (tertiary/aromatic N) is 1. The third-order valence-electron chi connectivity index (χ3n) is 4.57. The van der Waals surface area contributed by atoms with Gasteiger partial charge in [-0.15, -0.1) is 0 Å². The van der Waals surface area contributed by atoms with Crippen molar-refractivity contribution in [3.63, 3.8) is 0 Å². The molecule has 0 bridgehead atoms. The topological polar surface area (TPSA) is 71.5 Å². The van der Waals surface area contributed by atoms with E-state index in [2.05, 4.69) is 0 Å². The van der Waals surface area contributed by atoms with Crippen molar-refractivity contribution < 1.29 is 16.8 Å². The number of thioether (sulfide) groups is 1. The van der Waals surface area contributed by atoms with Crippen LogP contribution in [0.3, 0.4) is 0 Å². The Balaban J connectivity index is 2.03. The average molecular weight is 356 g/mol. The summed E-state index contributed by atoms with van der Waals surface area (Å²) >= 11 is 6.84. The second-order valence-corrected chi connectivity index (χ2v) is 12.6. The van der Waals surface area contributed by atoms with E-state index in [0.717, 1.165) is 0 Å². The molecule has 3 heterocycles. The third-order valence-corrected chi connectivity index (χ3v) is 10.3. The Morgan fingerprint density at radius 1 is 1.20 bits per heavy atom. The van der Waals surface area contributed by atoms with Crippen LogP contribution in [0.1, 0.15) is 20.3 Å². The molecule has 0 aromatic heterocycles. The summed E-state index contributed by atoms with van der Waals surface area (Å²) in [5.74, 6) is 0.408. The number of sulfone groups is 2. The highest BCUT2D eigenvalue weighted by molar-refractivity contribution is 8.24. The average Bonchev–Trinajstić information content (AvgIpc) is 2.69. The maximum Gasteiger partial charge on any atom is 0.153 e. The van der Waals surface area contributed by atoms with Crippen LogP contribution in [0.4, 0.5) is 0 Å². The molecule has 20 heavy (non-hydrogen) atoms. The molecule has 5 nitrogen and oxygen atoms in total. The SMILES string of the molecule is C[C@@]1(N2C(=S)S[C@@H]3CS(=O)(=O)C[C@@]32C)CCS(=O)(=O)C1. The highest BCUT2D eigenvalue weighted by atomic mass is 32.2. The summed E-state index contributed by atoms with van der Waals surface area (Å²) in [7, 11) is -6.14. The first-order chi connectivity index (χ1) is 8.98. The van der Waals surface area contributed by atoms with Gasteiger partial charge in [0.2, 0.25) is 0 Å². The summed E-state index contributed by atoms with van der Waals surface area (Å²) in [6.45, 7) is 3.80. The van der Waals surface area contributed by atoms with Gasteiger partial charge in [-0.25, -0.2) is 16.8 Å². The van der Waals surface area contributed by atoms with E-state index in [1.165, 1.54) is 11.8 Å². The fourth-order valence-electron chi connectivity index (χ4n) is 3.77. The van der Waals surface area contributed by atoms with Crippen LogP contribution in [0, 0.1) is 0 Å². The van der Waals surface area contributed by atoms with E-state index in [9.17, 15) is 16.8 Å². The lowest BCUT2D eigenvalue weighted by Crippen LogP contribution is -2.60. The van der Waals surface area contributed by atoms with Crippen molar-refractivity contribution in [2.24, 2.45) is 0 Å². The van der Waals surface area contributed by atoms with E-state index in [4.69, 9.17) is 12.2 Å². The second kappa shape index (κ2) is 4.11. The molecule has 0 radical (unpaired) electrons. The minimum absolute atomic E-state index is 0.0586. The summed E-state index contributed by atoms with van der Waals surface area (Å²) < 4.78 is 48.2. The number of thiocarbonyl (C=S) groups is 1. The Kier molecular flexibility index (Phi) is 3.09. The number of hydrogen-bond donors (Lipinski definition) is 0. The predicted octanol–water partition coefficient (Wildman–Crippen LogP) is 0.453. The summed E-state index contributed by atoms with van der Waals surface area (Å²) in [6, 6.07) is 0. The number of fused-ring (bicyclic) bond motifs is 1. The van der Waals surface area contributed by atoms with Crippen LogP contribution in [-0.2, 0) is 19.7 Å².